The molecule has 1 aromatic carbocycles. The number of benzene rings is 1. The molecule has 0 heterocycles. The predicted molar refractivity (Wildman–Crippen MR) is 80.9 cm³/mol. The van der Waals surface area contributed by atoms with Gasteiger partial charge in [0.2, 0.25) is 0 Å². The van der Waals surface area contributed by atoms with Crippen LogP contribution in [-0.4, -0.2) is 51.1 Å². The molecule has 0 aliphatic rings. The van der Waals surface area contributed by atoms with E-state index in [0.29, 0.717) is 12.1 Å². The molecule has 0 saturated carbocycles. The minimum atomic E-state index is -0.00384. The van der Waals surface area contributed by atoms with Crippen molar-refractivity contribution in [2.24, 2.45) is 0 Å². The van der Waals surface area contributed by atoms with Gasteiger partial charge in [-0.1, -0.05) is 19.9 Å². The molecule has 0 aliphatic carbocycles. The molecule has 1 N–H and O–H groups in total. The Hall–Kier alpha value is -1.55. The Morgan fingerprint density at radius 2 is 1.89 bits per heavy atom. The van der Waals surface area contributed by atoms with Gasteiger partial charge >= 0.3 is 0 Å². The highest BCUT2D eigenvalue weighted by atomic mass is 16.1. The first-order valence-corrected chi connectivity index (χ1v) is 6.86. The minimum absolute atomic E-state index is 0.00384. The van der Waals surface area contributed by atoms with Gasteiger partial charge in [-0.25, -0.2) is 0 Å². The molecule has 4 heteroatoms. The molecule has 0 saturated heterocycles. The number of hydrogen-bond donors (Lipinski definition) is 1. The van der Waals surface area contributed by atoms with Gasteiger partial charge in [0.1, 0.15) is 0 Å². The van der Waals surface area contributed by atoms with Crippen LogP contribution in [0.3, 0.4) is 0 Å². The molecule has 0 spiro atoms. The lowest BCUT2D eigenvalue weighted by molar-refractivity contribution is 0.0949. The first-order valence-electron chi connectivity index (χ1n) is 6.86. The summed E-state index contributed by atoms with van der Waals surface area (Å²) >= 11 is 0. The fourth-order valence-corrected chi connectivity index (χ4v) is 1.89. The third-order valence-corrected chi connectivity index (χ3v) is 3.23. The Labute approximate surface area is 116 Å². The number of carbonyl (C=O) groups is 1. The van der Waals surface area contributed by atoms with E-state index in [4.69, 9.17) is 0 Å². The number of hydrogen-bond acceptors (Lipinski definition) is 3. The van der Waals surface area contributed by atoms with Crippen molar-refractivity contribution in [1.82, 2.24) is 10.2 Å². The van der Waals surface area contributed by atoms with Gasteiger partial charge in [0.25, 0.3) is 5.91 Å². The standard InChI is InChI=1S/C15H25N3O/c1-5-18(6-2)11-10-16-15(19)13-8-7-9-14(12-13)17(3)4/h7-9,12H,5-6,10-11H2,1-4H3,(H,16,19). The van der Waals surface area contributed by atoms with Crippen molar-refractivity contribution in [3.8, 4) is 0 Å². The molecule has 4 nitrogen and oxygen atoms in total. The maximum Gasteiger partial charge on any atom is 0.251 e. The van der Waals surface area contributed by atoms with Crippen LogP contribution in [0.4, 0.5) is 5.69 Å². The Balaban J connectivity index is 2.51. The highest BCUT2D eigenvalue weighted by molar-refractivity contribution is 5.95. The normalized spacial score (nSPS) is 10.6. The maximum absolute atomic E-state index is 12.0. The smallest absolute Gasteiger partial charge is 0.251 e. The summed E-state index contributed by atoms with van der Waals surface area (Å²) in [5, 5.41) is 2.97. The highest BCUT2D eigenvalue weighted by Crippen LogP contribution is 2.13. The zero-order valence-electron chi connectivity index (χ0n) is 12.4. The lowest BCUT2D eigenvalue weighted by Gasteiger charge is -2.18. The Morgan fingerprint density at radius 3 is 2.47 bits per heavy atom. The first-order chi connectivity index (χ1) is 9.08. The second kappa shape index (κ2) is 7.79. The molecule has 19 heavy (non-hydrogen) atoms. The molecule has 0 fully saturated rings. The topological polar surface area (TPSA) is 35.6 Å². The second-order valence-corrected chi connectivity index (χ2v) is 4.73. The van der Waals surface area contributed by atoms with Crippen molar-refractivity contribution in [2.75, 3.05) is 45.2 Å². The predicted octanol–water partition coefficient (Wildman–Crippen LogP) is 1.82. The van der Waals surface area contributed by atoms with Crippen LogP contribution in [0.25, 0.3) is 0 Å². The van der Waals surface area contributed by atoms with Gasteiger partial charge < -0.3 is 15.1 Å². The van der Waals surface area contributed by atoms with Crippen molar-refractivity contribution in [1.29, 1.82) is 0 Å². The Morgan fingerprint density at radius 1 is 1.21 bits per heavy atom. The highest BCUT2D eigenvalue weighted by Gasteiger charge is 2.07. The fraction of sp³-hybridized carbons (Fsp3) is 0.533. The van der Waals surface area contributed by atoms with Crippen molar-refractivity contribution >= 4 is 11.6 Å². The molecule has 0 aromatic heterocycles. The van der Waals surface area contributed by atoms with Gasteiger partial charge in [-0.15, -0.1) is 0 Å². The van der Waals surface area contributed by atoms with Crippen LogP contribution in [0.5, 0.6) is 0 Å². The van der Waals surface area contributed by atoms with Crippen LogP contribution in [0.2, 0.25) is 0 Å². The minimum Gasteiger partial charge on any atom is -0.378 e. The zero-order chi connectivity index (χ0) is 14.3. The molecule has 1 rings (SSSR count). The first kappa shape index (κ1) is 15.5. The van der Waals surface area contributed by atoms with Crippen molar-refractivity contribution in [2.45, 2.75) is 13.8 Å². The number of likely N-dealkylation sites (N-methyl/N-ethyl adjacent to an activating group) is 1. The molecule has 0 atom stereocenters. The SMILES string of the molecule is CCN(CC)CCNC(=O)c1cccc(N(C)C)c1. The summed E-state index contributed by atoms with van der Waals surface area (Å²) < 4.78 is 0. The van der Waals surface area contributed by atoms with Gasteiger partial charge in [-0.2, -0.15) is 0 Å². The van der Waals surface area contributed by atoms with Gasteiger partial charge in [0.05, 0.1) is 0 Å². The quantitative estimate of drug-likeness (QED) is 0.815. The van der Waals surface area contributed by atoms with Crippen molar-refractivity contribution < 1.29 is 4.79 Å². The van der Waals surface area contributed by atoms with Gasteiger partial charge in [-0.05, 0) is 31.3 Å². The van der Waals surface area contributed by atoms with Crippen LogP contribution in [0.1, 0.15) is 24.2 Å². The monoisotopic (exact) mass is 263 g/mol. The van der Waals surface area contributed by atoms with Gasteiger partial charge in [0, 0.05) is 38.4 Å². The number of amides is 1. The molecule has 1 amide bonds. The average Bonchev–Trinajstić information content (AvgIpc) is 2.43. The van der Waals surface area contributed by atoms with Crippen LogP contribution in [0, 0.1) is 0 Å². The Bertz CT molecular complexity index is 400. The molecule has 0 bridgehead atoms. The summed E-state index contributed by atoms with van der Waals surface area (Å²) in [6.07, 6.45) is 0. The molecular weight excluding hydrogens is 238 g/mol. The molecule has 1 aromatic rings. The third-order valence-electron chi connectivity index (χ3n) is 3.23. The Kier molecular flexibility index (Phi) is 6.36. The van der Waals surface area contributed by atoms with E-state index in [9.17, 15) is 4.79 Å². The summed E-state index contributed by atoms with van der Waals surface area (Å²) in [4.78, 5) is 16.3. The summed E-state index contributed by atoms with van der Waals surface area (Å²) in [5.74, 6) is -0.00384. The number of rotatable bonds is 7. The lowest BCUT2D eigenvalue weighted by Crippen LogP contribution is -2.34. The van der Waals surface area contributed by atoms with Crippen LogP contribution < -0.4 is 10.2 Å². The summed E-state index contributed by atoms with van der Waals surface area (Å²) in [7, 11) is 3.94. The molecular formula is C15H25N3O. The molecule has 0 unspecified atom stereocenters. The molecule has 0 radical (unpaired) electrons. The number of anilines is 1. The van der Waals surface area contributed by atoms with E-state index in [-0.39, 0.29) is 5.91 Å². The summed E-state index contributed by atoms with van der Waals surface area (Å²) in [6, 6.07) is 7.66. The van der Waals surface area contributed by atoms with E-state index < -0.39 is 0 Å². The van der Waals surface area contributed by atoms with E-state index in [1.54, 1.807) is 0 Å². The molecule has 106 valence electrons. The third kappa shape index (κ3) is 4.91. The molecule has 0 aliphatic heterocycles. The fourth-order valence-electron chi connectivity index (χ4n) is 1.89. The van der Waals surface area contributed by atoms with Crippen molar-refractivity contribution in [3.63, 3.8) is 0 Å². The van der Waals surface area contributed by atoms with E-state index in [2.05, 4.69) is 24.1 Å². The zero-order valence-corrected chi connectivity index (χ0v) is 12.4. The van der Waals surface area contributed by atoms with E-state index >= 15 is 0 Å². The average molecular weight is 263 g/mol. The van der Waals surface area contributed by atoms with Crippen molar-refractivity contribution in [3.05, 3.63) is 29.8 Å². The van der Waals surface area contributed by atoms with Crippen LogP contribution in [-0.2, 0) is 0 Å². The maximum atomic E-state index is 12.0. The number of carbonyl (C=O) groups excluding carboxylic acids is 1. The lowest BCUT2D eigenvalue weighted by atomic mass is 10.2. The number of nitrogens with one attached hydrogen (secondary N) is 1. The second-order valence-electron chi connectivity index (χ2n) is 4.73. The summed E-state index contributed by atoms with van der Waals surface area (Å²) in [6.45, 7) is 7.88. The van der Waals surface area contributed by atoms with E-state index in [1.807, 2.05) is 43.3 Å². The van der Waals surface area contributed by atoms with E-state index in [1.165, 1.54) is 0 Å². The van der Waals surface area contributed by atoms with Crippen LogP contribution >= 0.6 is 0 Å². The van der Waals surface area contributed by atoms with Gasteiger partial charge in [-0.3, -0.25) is 4.79 Å². The largest absolute Gasteiger partial charge is 0.378 e. The van der Waals surface area contributed by atoms with E-state index in [0.717, 1.165) is 25.3 Å². The van der Waals surface area contributed by atoms with Gasteiger partial charge in [0.15, 0.2) is 0 Å². The number of nitrogens with zero attached hydrogens (tertiary/aromatic N) is 2. The summed E-state index contributed by atoms with van der Waals surface area (Å²) in [5.41, 5.74) is 1.75. The van der Waals surface area contributed by atoms with Crippen LogP contribution in [0.15, 0.2) is 24.3 Å².